The van der Waals surface area contributed by atoms with Gasteiger partial charge >= 0.3 is 0 Å². The molecule has 0 atom stereocenters. The summed E-state index contributed by atoms with van der Waals surface area (Å²) in [5.74, 6) is 0.938. The Morgan fingerprint density at radius 3 is 2.36 bits per heavy atom. The number of carbonyl (C=O) groups is 1. The highest BCUT2D eigenvalue weighted by Gasteiger charge is 2.21. The maximum absolute atomic E-state index is 13.5. The highest BCUT2D eigenvalue weighted by Crippen LogP contribution is 2.35. The van der Waals surface area contributed by atoms with Crippen molar-refractivity contribution in [1.29, 1.82) is 0 Å². The molecule has 2 heterocycles. The van der Waals surface area contributed by atoms with Gasteiger partial charge in [-0.3, -0.25) is 9.89 Å². The van der Waals surface area contributed by atoms with Crippen LogP contribution in [0.4, 0.5) is 0 Å². The minimum absolute atomic E-state index is 0.232. The van der Waals surface area contributed by atoms with E-state index in [9.17, 15) is 4.79 Å². The molecule has 7 nitrogen and oxygen atoms in total. The summed E-state index contributed by atoms with van der Waals surface area (Å²) in [6, 6.07) is 24.4. The number of carbonyl (C=O) groups excluding carboxylic acids is 1. The molecule has 0 spiro atoms. The highest BCUT2D eigenvalue weighted by molar-refractivity contribution is 6.30. The summed E-state index contributed by atoms with van der Waals surface area (Å²) in [7, 11) is 3.16. The van der Waals surface area contributed by atoms with Crippen LogP contribution in [0, 0.1) is 0 Å². The fourth-order valence-electron chi connectivity index (χ4n) is 4.05. The van der Waals surface area contributed by atoms with Crippen molar-refractivity contribution in [2.45, 2.75) is 6.54 Å². The van der Waals surface area contributed by atoms with E-state index in [0.29, 0.717) is 51.1 Å². The van der Waals surface area contributed by atoms with Crippen molar-refractivity contribution in [1.82, 2.24) is 20.5 Å². The molecule has 0 fully saturated rings. The molecule has 180 valence electrons. The Kier molecular flexibility index (Phi) is 6.56. The van der Waals surface area contributed by atoms with Crippen LogP contribution in [0.1, 0.15) is 15.9 Å². The zero-order valence-corrected chi connectivity index (χ0v) is 20.5. The molecule has 1 amide bonds. The Morgan fingerprint density at radius 2 is 1.64 bits per heavy atom. The molecule has 3 aromatic carbocycles. The lowest BCUT2D eigenvalue weighted by Crippen LogP contribution is -2.23. The number of fused-ring (bicyclic) bond motifs is 1. The molecule has 5 rings (SSSR count). The number of benzene rings is 3. The molecule has 5 aromatic rings. The molecule has 0 saturated carbocycles. The van der Waals surface area contributed by atoms with Crippen LogP contribution in [0.5, 0.6) is 11.5 Å². The molecule has 0 aliphatic carbocycles. The Morgan fingerprint density at radius 1 is 0.917 bits per heavy atom. The molecule has 0 aliphatic heterocycles. The van der Waals surface area contributed by atoms with E-state index >= 15 is 0 Å². The van der Waals surface area contributed by atoms with Crippen LogP contribution in [0.25, 0.3) is 33.5 Å². The van der Waals surface area contributed by atoms with Crippen LogP contribution in [0.15, 0.2) is 78.9 Å². The van der Waals surface area contributed by atoms with E-state index in [1.807, 2.05) is 54.6 Å². The number of hydrogen-bond donors (Lipinski definition) is 2. The quantitative estimate of drug-likeness (QED) is 0.292. The van der Waals surface area contributed by atoms with Crippen molar-refractivity contribution in [3.05, 3.63) is 95.0 Å². The molecule has 0 radical (unpaired) electrons. The van der Waals surface area contributed by atoms with Gasteiger partial charge in [-0.1, -0.05) is 54.1 Å². The summed E-state index contributed by atoms with van der Waals surface area (Å²) >= 11 is 6.09. The average Bonchev–Trinajstić information content (AvgIpc) is 3.36. The third-order valence-electron chi connectivity index (χ3n) is 5.88. The number of methoxy groups -OCH3 is 2. The monoisotopic (exact) mass is 498 g/mol. The minimum Gasteiger partial charge on any atom is -0.493 e. The lowest BCUT2D eigenvalue weighted by molar-refractivity contribution is 0.0952. The van der Waals surface area contributed by atoms with E-state index in [2.05, 4.69) is 15.5 Å². The molecule has 8 heteroatoms. The second kappa shape index (κ2) is 10.1. The van der Waals surface area contributed by atoms with E-state index in [4.69, 9.17) is 26.1 Å². The van der Waals surface area contributed by atoms with Crippen molar-refractivity contribution in [3.8, 4) is 34.0 Å². The number of nitrogens with one attached hydrogen (secondary N) is 2. The third-order valence-corrected chi connectivity index (χ3v) is 6.13. The normalized spacial score (nSPS) is 10.9. The van der Waals surface area contributed by atoms with Crippen LogP contribution < -0.4 is 14.8 Å². The summed E-state index contributed by atoms with van der Waals surface area (Å²) < 4.78 is 10.8. The first-order valence-corrected chi connectivity index (χ1v) is 11.6. The van der Waals surface area contributed by atoms with Gasteiger partial charge in [0.2, 0.25) is 0 Å². The highest BCUT2D eigenvalue weighted by atomic mass is 35.5. The minimum atomic E-state index is -0.232. The van der Waals surface area contributed by atoms with Gasteiger partial charge in [0.05, 0.1) is 36.6 Å². The Bertz CT molecular complexity index is 1530. The standard InChI is InChI=1S/C28H23ClN4O3/c1-35-23-13-10-19(14-24(23)36-2)22-15-21(28(34)30-16-17-6-4-3-5-7-17)25-26(32-33-27(25)31-22)18-8-11-20(29)12-9-18/h3-15H,16H2,1-2H3,(H,30,34)(H,31,32,33). The number of rotatable bonds is 7. The predicted octanol–water partition coefficient (Wildman–Crippen LogP) is 5.89. The topological polar surface area (TPSA) is 89.1 Å². The van der Waals surface area contributed by atoms with Gasteiger partial charge in [-0.15, -0.1) is 0 Å². The lowest BCUT2D eigenvalue weighted by Gasteiger charge is -2.12. The van der Waals surface area contributed by atoms with Gasteiger partial charge in [-0.25, -0.2) is 4.98 Å². The van der Waals surface area contributed by atoms with Gasteiger partial charge in [-0.05, 0) is 42.0 Å². The number of amides is 1. The van der Waals surface area contributed by atoms with Gasteiger partial charge in [0.1, 0.15) is 0 Å². The van der Waals surface area contributed by atoms with Crippen molar-refractivity contribution < 1.29 is 14.3 Å². The van der Waals surface area contributed by atoms with Gasteiger partial charge in [-0.2, -0.15) is 5.10 Å². The fraction of sp³-hybridized carbons (Fsp3) is 0.107. The first-order valence-electron chi connectivity index (χ1n) is 11.3. The average molecular weight is 499 g/mol. The molecule has 36 heavy (non-hydrogen) atoms. The summed E-state index contributed by atoms with van der Waals surface area (Å²) in [6.07, 6.45) is 0. The van der Waals surface area contributed by atoms with Gasteiger partial charge < -0.3 is 14.8 Å². The number of pyridine rings is 1. The van der Waals surface area contributed by atoms with Gasteiger partial charge in [0.25, 0.3) is 5.91 Å². The molecular formula is C28H23ClN4O3. The number of nitrogens with zero attached hydrogens (tertiary/aromatic N) is 2. The molecule has 0 aliphatic rings. The maximum atomic E-state index is 13.5. The summed E-state index contributed by atoms with van der Waals surface area (Å²) in [4.78, 5) is 18.3. The number of halogens is 1. The molecule has 0 bridgehead atoms. The number of ether oxygens (including phenoxy) is 2. The van der Waals surface area contributed by atoms with E-state index in [1.54, 1.807) is 38.5 Å². The predicted molar refractivity (Wildman–Crippen MR) is 140 cm³/mol. The van der Waals surface area contributed by atoms with E-state index < -0.39 is 0 Å². The Hall–Kier alpha value is -4.36. The van der Waals surface area contributed by atoms with Gasteiger partial charge in [0, 0.05) is 22.7 Å². The zero-order chi connectivity index (χ0) is 25.1. The van der Waals surface area contributed by atoms with E-state index in [0.717, 1.165) is 16.7 Å². The van der Waals surface area contributed by atoms with Gasteiger partial charge in [0.15, 0.2) is 17.1 Å². The lowest BCUT2D eigenvalue weighted by atomic mass is 10.0. The van der Waals surface area contributed by atoms with Crippen LogP contribution in [0.2, 0.25) is 5.02 Å². The number of aromatic amines is 1. The van der Waals surface area contributed by atoms with Crippen LogP contribution >= 0.6 is 11.6 Å². The third kappa shape index (κ3) is 4.61. The summed E-state index contributed by atoms with van der Waals surface area (Å²) in [6.45, 7) is 0.392. The van der Waals surface area contributed by atoms with Crippen molar-refractivity contribution in [3.63, 3.8) is 0 Å². The van der Waals surface area contributed by atoms with Crippen LogP contribution in [-0.2, 0) is 6.54 Å². The van der Waals surface area contributed by atoms with E-state index in [1.165, 1.54) is 0 Å². The van der Waals surface area contributed by atoms with Crippen LogP contribution in [-0.4, -0.2) is 35.3 Å². The fourth-order valence-corrected chi connectivity index (χ4v) is 4.17. The second-order valence-corrected chi connectivity index (χ2v) is 8.53. The largest absolute Gasteiger partial charge is 0.493 e. The molecule has 0 unspecified atom stereocenters. The summed E-state index contributed by atoms with van der Waals surface area (Å²) in [5, 5.41) is 11.8. The summed E-state index contributed by atoms with van der Waals surface area (Å²) in [5.41, 5.74) is 4.78. The smallest absolute Gasteiger partial charge is 0.252 e. The first kappa shape index (κ1) is 23.4. The molecular weight excluding hydrogens is 476 g/mol. The number of aromatic nitrogens is 3. The number of hydrogen-bond acceptors (Lipinski definition) is 5. The number of H-pyrrole nitrogens is 1. The molecule has 2 aromatic heterocycles. The first-order chi connectivity index (χ1) is 17.6. The molecule has 0 saturated heterocycles. The van der Waals surface area contributed by atoms with Crippen molar-refractivity contribution >= 4 is 28.5 Å². The second-order valence-electron chi connectivity index (χ2n) is 8.10. The zero-order valence-electron chi connectivity index (χ0n) is 19.7. The van der Waals surface area contributed by atoms with Crippen molar-refractivity contribution in [2.75, 3.05) is 14.2 Å². The maximum Gasteiger partial charge on any atom is 0.252 e. The SMILES string of the molecule is COc1ccc(-c2cc(C(=O)NCc3ccccc3)c3c(-c4ccc(Cl)cc4)[nH]nc3n2)cc1OC. The van der Waals surface area contributed by atoms with Crippen molar-refractivity contribution in [2.24, 2.45) is 0 Å². The van der Waals surface area contributed by atoms with Crippen LogP contribution in [0.3, 0.4) is 0 Å². The van der Waals surface area contributed by atoms with E-state index in [-0.39, 0.29) is 5.91 Å². The Labute approximate surface area is 213 Å². The molecule has 2 N–H and O–H groups in total. The Balaban J connectivity index is 1.63.